The fraction of sp³-hybridized carbons (Fsp3) is 0.240. The van der Waals surface area contributed by atoms with Gasteiger partial charge in [-0.25, -0.2) is 4.79 Å². The topological polar surface area (TPSA) is 86.5 Å². The summed E-state index contributed by atoms with van der Waals surface area (Å²) in [6.45, 7) is 2.20. The van der Waals surface area contributed by atoms with Crippen LogP contribution in [0.5, 0.6) is 0 Å². The molecule has 0 bridgehead atoms. The number of aromatic nitrogens is 5. The predicted molar refractivity (Wildman–Crippen MR) is 128 cm³/mol. The van der Waals surface area contributed by atoms with Crippen LogP contribution in [0.3, 0.4) is 0 Å². The maximum absolute atomic E-state index is 13.0. The van der Waals surface area contributed by atoms with Crippen molar-refractivity contribution >= 4 is 16.9 Å². The maximum Gasteiger partial charge on any atom is 0.332 e. The molecule has 1 N–H and O–H groups in total. The first-order valence-electron chi connectivity index (χ1n) is 10.9. The van der Waals surface area contributed by atoms with Gasteiger partial charge in [0.05, 0.1) is 5.69 Å². The van der Waals surface area contributed by atoms with Crippen LogP contribution in [0.1, 0.15) is 17.5 Å². The monoisotopic (exact) mass is 443 g/mol. The van der Waals surface area contributed by atoms with E-state index in [2.05, 4.69) is 0 Å². The first-order valence-corrected chi connectivity index (χ1v) is 10.9. The van der Waals surface area contributed by atoms with Crippen LogP contribution >= 0.6 is 0 Å². The van der Waals surface area contributed by atoms with Gasteiger partial charge < -0.3 is 5.11 Å². The van der Waals surface area contributed by atoms with Crippen molar-refractivity contribution < 1.29 is 5.11 Å². The average Bonchev–Trinajstić information content (AvgIpc) is 3.37. The minimum atomic E-state index is -0.410. The highest BCUT2D eigenvalue weighted by molar-refractivity contribution is 5.79. The van der Waals surface area contributed by atoms with Crippen LogP contribution in [0.2, 0.25) is 0 Å². The zero-order chi connectivity index (χ0) is 23.3. The van der Waals surface area contributed by atoms with E-state index in [1.54, 1.807) is 11.4 Å². The quantitative estimate of drug-likeness (QED) is 0.452. The number of aliphatic hydroxyl groups excluding tert-OH is 1. The highest BCUT2D eigenvalue weighted by Gasteiger charge is 2.21. The molecular weight excluding hydrogens is 418 g/mol. The molecule has 0 aliphatic heterocycles. The van der Waals surface area contributed by atoms with Crippen LogP contribution in [-0.2, 0) is 20.5 Å². The molecular formula is C25H25N5O3. The third-order valence-corrected chi connectivity index (χ3v) is 6.13. The second kappa shape index (κ2) is 7.90. The smallest absolute Gasteiger partial charge is 0.332 e. The molecule has 8 heteroatoms. The Morgan fingerprint density at radius 3 is 2.30 bits per heavy atom. The van der Waals surface area contributed by atoms with Crippen molar-refractivity contribution in [3.8, 4) is 16.9 Å². The van der Waals surface area contributed by atoms with Crippen molar-refractivity contribution in [2.24, 2.45) is 14.1 Å². The number of aliphatic hydroxyl groups is 1. The number of rotatable bonds is 5. The van der Waals surface area contributed by atoms with Crippen LogP contribution in [0.4, 0.5) is 0 Å². The zero-order valence-corrected chi connectivity index (χ0v) is 18.8. The van der Waals surface area contributed by atoms with Gasteiger partial charge in [-0.05, 0) is 37.5 Å². The zero-order valence-electron chi connectivity index (χ0n) is 18.8. The van der Waals surface area contributed by atoms with E-state index >= 15 is 0 Å². The standard InChI is InChI=1S/C25H25N5O3/c1-16-6-10-18(11-7-16)20-15-29-21-22(27(2)25(33)28(3)23(21)32)26-24(29)30(20)19-12-8-17(9-13-19)5-4-14-31/h6-13,15,31H,4-5,14H2,1-3H3. The van der Waals surface area contributed by atoms with E-state index in [1.807, 2.05) is 66.2 Å². The molecule has 33 heavy (non-hydrogen) atoms. The number of benzene rings is 2. The minimum Gasteiger partial charge on any atom is -0.396 e. The lowest BCUT2D eigenvalue weighted by Gasteiger charge is -2.10. The van der Waals surface area contributed by atoms with Crippen LogP contribution in [0, 0.1) is 6.92 Å². The molecule has 0 fully saturated rings. The predicted octanol–water partition coefficient (Wildman–Crippen LogP) is 2.58. The van der Waals surface area contributed by atoms with E-state index in [9.17, 15) is 9.59 Å². The molecule has 168 valence electrons. The third-order valence-electron chi connectivity index (χ3n) is 6.13. The van der Waals surface area contributed by atoms with Crippen molar-refractivity contribution in [1.82, 2.24) is 23.1 Å². The fourth-order valence-electron chi connectivity index (χ4n) is 4.25. The molecule has 0 aliphatic rings. The van der Waals surface area contributed by atoms with Gasteiger partial charge in [0.25, 0.3) is 5.56 Å². The van der Waals surface area contributed by atoms with Crippen molar-refractivity contribution in [1.29, 1.82) is 0 Å². The van der Waals surface area contributed by atoms with Crippen molar-refractivity contribution in [2.75, 3.05) is 6.61 Å². The molecule has 0 saturated carbocycles. The van der Waals surface area contributed by atoms with Crippen molar-refractivity contribution in [3.63, 3.8) is 0 Å². The second-order valence-corrected chi connectivity index (χ2v) is 8.37. The van der Waals surface area contributed by atoms with E-state index in [-0.39, 0.29) is 12.2 Å². The highest BCUT2D eigenvalue weighted by atomic mass is 16.3. The van der Waals surface area contributed by atoms with Gasteiger partial charge in [0, 0.05) is 38.1 Å². The summed E-state index contributed by atoms with van der Waals surface area (Å²) in [5.41, 5.74) is 4.98. The molecule has 0 radical (unpaired) electrons. The van der Waals surface area contributed by atoms with E-state index in [1.165, 1.54) is 11.6 Å². The summed E-state index contributed by atoms with van der Waals surface area (Å²) < 4.78 is 6.28. The minimum absolute atomic E-state index is 0.159. The number of aryl methyl sites for hydroxylation is 3. The Hall–Kier alpha value is -3.91. The lowest BCUT2D eigenvalue weighted by atomic mass is 10.1. The molecule has 5 aromatic rings. The number of fused-ring (bicyclic) bond motifs is 3. The summed E-state index contributed by atoms with van der Waals surface area (Å²) in [5, 5.41) is 9.12. The number of nitrogens with zero attached hydrogens (tertiary/aromatic N) is 5. The number of hydrogen-bond acceptors (Lipinski definition) is 4. The Labute approximate surface area is 189 Å². The van der Waals surface area contributed by atoms with Gasteiger partial charge in [0.15, 0.2) is 11.2 Å². The summed E-state index contributed by atoms with van der Waals surface area (Å²) in [7, 11) is 3.10. The molecule has 2 aromatic carbocycles. The van der Waals surface area contributed by atoms with Gasteiger partial charge in [-0.3, -0.25) is 22.9 Å². The first kappa shape index (κ1) is 21.0. The number of hydrogen-bond donors (Lipinski definition) is 1. The lowest BCUT2D eigenvalue weighted by molar-refractivity contribution is 0.288. The second-order valence-electron chi connectivity index (χ2n) is 8.37. The Morgan fingerprint density at radius 2 is 1.64 bits per heavy atom. The highest BCUT2D eigenvalue weighted by Crippen LogP contribution is 2.29. The summed E-state index contributed by atoms with van der Waals surface area (Å²) in [6, 6.07) is 16.3. The summed E-state index contributed by atoms with van der Waals surface area (Å²) in [4.78, 5) is 30.2. The van der Waals surface area contributed by atoms with Gasteiger partial charge in [-0.1, -0.05) is 42.0 Å². The third kappa shape index (κ3) is 3.30. The number of imidazole rings is 2. The Kier molecular flexibility index (Phi) is 5.02. The first-order chi connectivity index (χ1) is 15.9. The molecule has 0 saturated heterocycles. The lowest BCUT2D eigenvalue weighted by Crippen LogP contribution is -2.37. The van der Waals surface area contributed by atoms with E-state index < -0.39 is 5.69 Å². The molecule has 5 rings (SSSR count). The molecule has 0 aliphatic carbocycles. The van der Waals surface area contributed by atoms with Gasteiger partial charge in [-0.2, -0.15) is 4.98 Å². The molecule has 0 atom stereocenters. The van der Waals surface area contributed by atoms with Gasteiger partial charge >= 0.3 is 5.69 Å². The molecule has 0 amide bonds. The van der Waals surface area contributed by atoms with Crippen LogP contribution in [0.25, 0.3) is 33.9 Å². The van der Waals surface area contributed by atoms with Crippen LogP contribution in [-0.4, -0.2) is 34.8 Å². The largest absolute Gasteiger partial charge is 0.396 e. The summed E-state index contributed by atoms with van der Waals surface area (Å²) >= 11 is 0. The Balaban J connectivity index is 1.83. The Bertz CT molecular complexity index is 1600. The van der Waals surface area contributed by atoms with E-state index in [0.717, 1.165) is 39.1 Å². The fourth-order valence-corrected chi connectivity index (χ4v) is 4.25. The van der Waals surface area contributed by atoms with Crippen molar-refractivity contribution in [2.45, 2.75) is 19.8 Å². The summed E-state index contributed by atoms with van der Waals surface area (Å²) in [5.74, 6) is 0.557. The van der Waals surface area contributed by atoms with E-state index in [4.69, 9.17) is 10.1 Å². The molecule has 3 heterocycles. The Morgan fingerprint density at radius 1 is 0.939 bits per heavy atom. The van der Waals surface area contributed by atoms with E-state index in [0.29, 0.717) is 23.4 Å². The van der Waals surface area contributed by atoms with Crippen LogP contribution in [0.15, 0.2) is 64.3 Å². The summed E-state index contributed by atoms with van der Waals surface area (Å²) in [6.07, 6.45) is 3.42. The normalized spacial score (nSPS) is 11.6. The molecule has 0 unspecified atom stereocenters. The molecule has 0 spiro atoms. The van der Waals surface area contributed by atoms with Crippen molar-refractivity contribution in [3.05, 3.63) is 86.7 Å². The average molecular weight is 444 g/mol. The molecule has 3 aromatic heterocycles. The van der Waals surface area contributed by atoms with Gasteiger partial charge in [0.1, 0.15) is 0 Å². The van der Waals surface area contributed by atoms with Gasteiger partial charge in [0.2, 0.25) is 5.78 Å². The SMILES string of the molecule is Cc1ccc(-c2cn3c4c(=O)n(C)c(=O)n(C)c4nc3n2-c2ccc(CCCO)cc2)cc1. The maximum atomic E-state index is 13.0. The molecule has 8 nitrogen and oxygen atoms in total. The van der Waals surface area contributed by atoms with Gasteiger partial charge in [-0.15, -0.1) is 0 Å². The van der Waals surface area contributed by atoms with Crippen LogP contribution < -0.4 is 11.2 Å².